The molecule has 0 saturated heterocycles. The van der Waals surface area contributed by atoms with Crippen molar-refractivity contribution in [1.82, 2.24) is 15.1 Å². The second kappa shape index (κ2) is 5.99. The molecule has 0 radical (unpaired) electrons. The highest BCUT2D eigenvalue weighted by atomic mass is 19.1. The van der Waals surface area contributed by atoms with Crippen molar-refractivity contribution in [3.63, 3.8) is 0 Å². The van der Waals surface area contributed by atoms with E-state index in [1.165, 1.54) is 24.6 Å². The third-order valence-electron chi connectivity index (χ3n) is 4.26. The molecule has 2 unspecified atom stereocenters. The number of hydrogen-bond donors (Lipinski definition) is 1. The van der Waals surface area contributed by atoms with Crippen LogP contribution in [0.3, 0.4) is 0 Å². The lowest BCUT2D eigenvalue weighted by atomic mass is 9.96. The van der Waals surface area contributed by atoms with E-state index in [-0.39, 0.29) is 23.7 Å². The Balaban J connectivity index is 1.89. The Morgan fingerprint density at radius 1 is 1.26 bits per heavy atom. The average Bonchev–Trinajstić information content (AvgIpc) is 3.04. The lowest BCUT2D eigenvalue weighted by molar-refractivity contribution is -0.119. The first kappa shape index (κ1) is 15.5. The maximum atomic E-state index is 13.1. The molecule has 1 heterocycles. The number of carbonyl (C=O) groups is 1. The van der Waals surface area contributed by atoms with Crippen LogP contribution in [0.5, 0.6) is 0 Å². The molecule has 0 saturated carbocycles. The molecule has 3 rings (SSSR count). The molecule has 1 aliphatic rings. The van der Waals surface area contributed by atoms with Crippen LogP contribution < -0.4 is 5.32 Å². The Morgan fingerprint density at radius 3 is 2.61 bits per heavy atom. The Morgan fingerprint density at radius 2 is 1.96 bits per heavy atom. The number of amides is 1. The minimum absolute atomic E-state index is 0.0178. The summed E-state index contributed by atoms with van der Waals surface area (Å²) >= 11 is 0. The molecule has 2 aromatic rings. The molecule has 1 amide bonds. The summed E-state index contributed by atoms with van der Waals surface area (Å²) in [6.45, 7) is 5.55. The summed E-state index contributed by atoms with van der Waals surface area (Å²) in [7, 11) is 0. The van der Waals surface area contributed by atoms with Crippen LogP contribution in [0.25, 0.3) is 5.69 Å². The van der Waals surface area contributed by atoms with Gasteiger partial charge in [-0.1, -0.05) is 12.2 Å². The predicted octanol–water partition coefficient (Wildman–Crippen LogP) is 3.18. The van der Waals surface area contributed by atoms with E-state index < -0.39 is 0 Å². The number of nitrogens with zero attached hydrogens (tertiary/aromatic N) is 2. The summed E-state index contributed by atoms with van der Waals surface area (Å²) in [4.78, 5) is 11.2. The fourth-order valence-corrected chi connectivity index (χ4v) is 3.31. The molecule has 5 heteroatoms. The zero-order chi connectivity index (χ0) is 16.6. The summed E-state index contributed by atoms with van der Waals surface area (Å²) in [5.74, 6) is -0.0378. The van der Waals surface area contributed by atoms with Gasteiger partial charge in [-0.15, -0.1) is 0 Å². The Bertz CT molecular complexity index is 761. The first-order valence-electron chi connectivity index (χ1n) is 7.73. The van der Waals surface area contributed by atoms with E-state index in [4.69, 9.17) is 0 Å². The number of allylic oxidation sites excluding steroid dienone is 1. The van der Waals surface area contributed by atoms with Crippen LogP contribution in [0.2, 0.25) is 0 Å². The summed E-state index contributed by atoms with van der Waals surface area (Å²) in [5, 5.41) is 7.54. The molecule has 4 nitrogen and oxygen atoms in total. The monoisotopic (exact) mass is 313 g/mol. The van der Waals surface area contributed by atoms with Crippen LogP contribution in [0.4, 0.5) is 4.39 Å². The number of benzene rings is 1. The Hall–Kier alpha value is -2.43. The predicted molar refractivity (Wildman–Crippen MR) is 87.1 cm³/mol. The maximum absolute atomic E-state index is 13.1. The molecule has 0 aliphatic heterocycles. The van der Waals surface area contributed by atoms with Gasteiger partial charge in [0.05, 0.1) is 11.4 Å². The molecule has 1 aromatic carbocycles. The number of halogens is 1. The number of hydrogen-bond acceptors (Lipinski definition) is 2. The number of aryl methyl sites for hydroxylation is 1. The van der Waals surface area contributed by atoms with Crippen molar-refractivity contribution in [2.75, 3.05) is 0 Å². The van der Waals surface area contributed by atoms with Gasteiger partial charge in [-0.25, -0.2) is 9.07 Å². The van der Waals surface area contributed by atoms with Crippen LogP contribution in [-0.4, -0.2) is 21.7 Å². The van der Waals surface area contributed by atoms with E-state index >= 15 is 0 Å². The summed E-state index contributed by atoms with van der Waals surface area (Å²) in [6, 6.07) is 6.40. The number of rotatable bonds is 3. The molecule has 0 bridgehead atoms. The minimum Gasteiger partial charge on any atom is -0.350 e. The molecule has 120 valence electrons. The third kappa shape index (κ3) is 3.04. The molecular weight excluding hydrogens is 293 g/mol. The van der Waals surface area contributed by atoms with E-state index in [1.807, 2.05) is 24.6 Å². The van der Waals surface area contributed by atoms with E-state index in [2.05, 4.69) is 16.5 Å². The van der Waals surface area contributed by atoms with E-state index in [9.17, 15) is 9.18 Å². The quantitative estimate of drug-likeness (QED) is 0.885. The Labute approximate surface area is 135 Å². The van der Waals surface area contributed by atoms with Gasteiger partial charge < -0.3 is 5.32 Å². The van der Waals surface area contributed by atoms with Crippen LogP contribution >= 0.6 is 0 Å². The molecule has 23 heavy (non-hydrogen) atoms. The second-order valence-corrected chi connectivity index (χ2v) is 6.01. The lowest BCUT2D eigenvalue weighted by Gasteiger charge is -2.13. The van der Waals surface area contributed by atoms with Gasteiger partial charge in [0, 0.05) is 30.1 Å². The van der Waals surface area contributed by atoms with E-state index in [1.54, 1.807) is 12.1 Å². The van der Waals surface area contributed by atoms with Gasteiger partial charge in [0.25, 0.3) is 0 Å². The van der Waals surface area contributed by atoms with Crippen molar-refractivity contribution in [3.8, 4) is 5.69 Å². The van der Waals surface area contributed by atoms with Crippen LogP contribution in [-0.2, 0) is 4.79 Å². The van der Waals surface area contributed by atoms with Gasteiger partial charge >= 0.3 is 0 Å². The highest BCUT2D eigenvalue weighted by Gasteiger charge is 2.26. The number of nitrogens with one attached hydrogen (secondary N) is 1. The minimum atomic E-state index is -0.257. The van der Waals surface area contributed by atoms with Crippen LogP contribution in [0.1, 0.15) is 36.2 Å². The van der Waals surface area contributed by atoms with Gasteiger partial charge in [0.1, 0.15) is 5.82 Å². The Kier molecular flexibility index (Phi) is 4.03. The van der Waals surface area contributed by atoms with Crippen molar-refractivity contribution in [2.45, 2.75) is 39.2 Å². The molecular formula is C18H20FN3O. The smallest absolute Gasteiger partial charge is 0.217 e. The number of aromatic nitrogens is 2. The SMILES string of the molecule is CC(=O)NC1C=CC(c2c(C)nn(-c3ccc(F)cc3)c2C)C1. The number of carbonyl (C=O) groups excluding carboxylic acids is 1. The van der Waals surface area contributed by atoms with Gasteiger partial charge in [-0.2, -0.15) is 5.10 Å². The van der Waals surface area contributed by atoms with Crippen LogP contribution in [0.15, 0.2) is 36.4 Å². The highest BCUT2D eigenvalue weighted by molar-refractivity contribution is 5.73. The summed E-state index contributed by atoms with van der Waals surface area (Å²) in [5.41, 5.74) is 4.04. The van der Waals surface area contributed by atoms with Gasteiger partial charge in [0.2, 0.25) is 5.91 Å². The first-order valence-corrected chi connectivity index (χ1v) is 7.73. The molecule has 0 fully saturated rings. The summed E-state index contributed by atoms with van der Waals surface area (Å²) < 4.78 is 15.0. The molecule has 2 atom stereocenters. The zero-order valence-corrected chi connectivity index (χ0v) is 13.5. The van der Waals surface area contributed by atoms with Crippen molar-refractivity contribution in [3.05, 3.63) is 59.2 Å². The fourth-order valence-electron chi connectivity index (χ4n) is 3.31. The van der Waals surface area contributed by atoms with Gasteiger partial charge in [-0.3, -0.25) is 4.79 Å². The molecule has 0 spiro atoms. The summed E-state index contributed by atoms with van der Waals surface area (Å²) in [6.07, 6.45) is 5.02. The topological polar surface area (TPSA) is 46.9 Å². The second-order valence-electron chi connectivity index (χ2n) is 6.01. The molecule has 1 aromatic heterocycles. The zero-order valence-electron chi connectivity index (χ0n) is 13.5. The van der Waals surface area contributed by atoms with Gasteiger partial charge in [-0.05, 0) is 44.5 Å². The third-order valence-corrected chi connectivity index (χ3v) is 4.26. The maximum Gasteiger partial charge on any atom is 0.217 e. The van der Waals surface area contributed by atoms with E-state index in [0.717, 1.165) is 23.5 Å². The van der Waals surface area contributed by atoms with Crippen LogP contribution in [0, 0.1) is 19.7 Å². The normalized spacial score (nSPS) is 20.0. The molecule has 1 aliphatic carbocycles. The first-order chi connectivity index (χ1) is 11.0. The standard InChI is InChI=1S/C18H20FN3O/c1-11-18(14-4-7-16(10-14)20-13(3)23)12(2)22(21-11)17-8-5-15(19)6-9-17/h4-9,14,16H,10H2,1-3H3,(H,20,23). The largest absolute Gasteiger partial charge is 0.350 e. The fraction of sp³-hybridized carbons (Fsp3) is 0.333. The van der Waals surface area contributed by atoms with E-state index in [0.29, 0.717) is 0 Å². The van der Waals surface area contributed by atoms with Gasteiger partial charge in [0.15, 0.2) is 0 Å². The molecule has 1 N–H and O–H groups in total. The highest BCUT2D eigenvalue weighted by Crippen LogP contribution is 2.33. The van der Waals surface area contributed by atoms with Crippen molar-refractivity contribution in [2.24, 2.45) is 0 Å². The lowest BCUT2D eigenvalue weighted by Crippen LogP contribution is -2.30. The van der Waals surface area contributed by atoms with Crippen molar-refractivity contribution in [1.29, 1.82) is 0 Å². The van der Waals surface area contributed by atoms with Crippen molar-refractivity contribution < 1.29 is 9.18 Å². The average molecular weight is 313 g/mol. The van der Waals surface area contributed by atoms with Crippen molar-refractivity contribution >= 4 is 5.91 Å².